The topological polar surface area (TPSA) is 79.2 Å². The second-order valence-electron chi connectivity index (χ2n) is 5.25. The average molecular weight is 271 g/mol. The largest absolute Gasteiger partial charge is 0.337 e. The molecule has 104 valence electrons. The van der Waals surface area contributed by atoms with Crippen molar-refractivity contribution in [3.63, 3.8) is 0 Å². The molecule has 1 aromatic heterocycles. The number of nitrogens with two attached hydrogens (primary N) is 1. The van der Waals surface area contributed by atoms with E-state index in [0.717, 1.165) is 18.2 Å². The minimum atomic E-state index is -0.256. The number of para-hydroxylation sites is 1. The highest BCUT2D eigenvalue weighted by Gasteiger charge is 2.23. The van der Waals surface area contributed by atoms with Crippen LogP contribution in [-0.4, -0.2) is 34.9 Å². The SMILES string of the molecule is NC1CCCN(C(=O)c2cc(=O)[nH]c3ccccc23)C1. The van der Waals surface area contributed by atoms with E-state index in [2.05, 4.69) is 4.98 Å². The molecule has 0 spiro atoms. The maximum atomic E-state index is 12.6. The lowest BCUT2D eigenvalue weighted by atomic mass is 10.0. The number of benzene rings is 1. The van der Waals surface area contributed by atoms with Gasteiger partial charge in [0.05, 0.1) is 5.56 Å². The van der Waals surface area contributed by atoms with Gasteiger partial charge in [0, 0.05) is 36.1 Å². The van der Waals surface area contributed by atoms with Crippen molar-refractivity contribution in [1.29, 1.82) is 0 Å². The van der Waals surface area contributed by atoms with Crippen LogP contribution >= 0.6 is 0 Å². The zero-order valence-corrected chi connectivity index (χ0v) is 11.1. The number of aromatic nitrogens is 1. The van der Waals surface area contributed by atoms with E-state index in [9.17, 15) is 9.59 Å². The van der Waals surface area contributed by atoms with Gasteiger partial charge in [0.25, 0.3) is 5.91 Å². The Kier molecular flexibility index (Phi) is 3.28. The number of likely N-dealkylation sites (tertiary alicyclic amines) is 1. The number of hydrogen-bond donors (Lipinski definition) is 2. The highest BCUT2D eigenvalue weighted by atomic mass is 16.2. The number of amides is 1. The third kappa shape index (κ3) is 2.32. The number of pyridine rings is 1. The van der Waals surface area contributed by atoms with Crippen LogP contribution in [0.25, 0.3) is 10.9 Å². The molecule has 1 aromatic carbocycles. The van der Waals surface area contributed by atoms with Gasteiger partial charge in [0.1, 0.15) is 0 Å². The van der Waals surface area contributed by atoms with Crippen LogP contribution in [0.5, 0.6) is 0 Å². The smallest absolute Gasteiger partial charge is 0.254 e. The molecule has 1 aliphatic rings. The van der Waals surface area contributed by atoms with Gasteiger partial charge < -0.3 is 15.6 Å². The fourth-order valence-electron chi connectivity index (χ4n) is 2.75. The van der Waals surface area contributed by atoms with E-state index in [4.69, 9.17) is 5.73 Å². The molecule has 1 unspecified atom stereocenters. The Bertz CT molecular complexity index is 708. The van der Waals surface area contributed by atoms with Gasteiger partial charge in [-0.3, -0.25) is 9.59 Å². The number of carbonyl (C=O) groups excluding carboxylic acids is 1. The monoisotopic (exact) mass is 271 g/mol. The van der Waals surface area contributed by atoms with Gasteiger partial charge in [-0.2, -0.15) is 0 Å². The molecule has 0 radical (unpaired) electrons. The Morgan fingerprint density at radius 3 is 2.95 bits per heavy atom. The molecule has 3 N–H and O–H groups in total. The van der Waals surface area contributed by atoms with Crippen molar-refractivity contribution < 1.29 is 4.79 Å². The van der Waals surface area contributed by atoms with Crippen LogP contribution in [0.4, 0.5) is 0 Å². The first-order valence-corrected chi connectivity index (χ1v) is 6.82. The summed E-state index contributed by atoms with van der Waals surface area (Å²) in [7, 11) is 0. The first kappa shape index (κ1) is 12.9. The maximum Gasteiger partial charge on any atom is 0.254 e. The van der Waals surface area contributed by atoms with Crippen LogP contribution < -0.4 is 11.3 Å². The minimum Gasteiger partial charge on any atom is -0.337 e. The van der Waals surface area contributed by atoms with E-state index in [-0.39, 0.29) is 17.5 Å². The first-order chi connectivity index (χ1) is 9.65. The molecule has 1 fully saturated rings. The summed E-state index contributed by atoms with van der Waals surface area (Å²) in [5, 5.41) is 0.774. The minimum absolute atomic E-state index is 0.0287. The molecule has 3 rings (SSSR count). The van der Waals surface area contributed by atoms with Crippen molar-refractivity contribution in [1.82, 2.24) is 9.88 Å². The number of fused-ring (bicyclic) bond motifs is 1. The molecule has 0 aliphatic carbocycles. The Labute approximate surface area is 116 Å². The lowest BCUT2D eigenvalue weighted by Gasteiger charge is -2.31. The molecular formula is C15H17N3O2. The molecule has 1 amide bonds. The Morgan fingerprint density at radius 1 is 1.35 bits per heavy atom. The van der Waals surface area contributed by atoms with E-state index >= 15 is 0 Å². The molecule has 5 nitrogen and oxygen atoms in total. The zero-order valence-electron chi connectivity index (χ0n) is 11.1. The Balaban J connectivity index is 2.05. The molecular weight excluding hydrogens is 254 g/mol. The summed E-state index contributed by atoms with van der Waals surface area (Å²) in [5.74, 6) is -0.109. The van der Waals surface area contributed by atoms with E-state index in [1.807, 2.05) is 18.2 Å². The summed E-state index contributed by atoms with van der Waals surface area (Å²) in [5.41, 5.74) is 6.81. The van der Waals surface area contributed by atoms with Crippen molar-refractivity contribution in [2.45, 2.75) is 18.9 Å². The number of carbonyl (C=O) groups is 1. The van der Waals surface area contributed by atoms with Crippen molar-refractivity contribution in [3.05, 3.63) is 46.2 Å². The molecule has 2 aromatic rings. The van der Waals surface area contributed by atoms with Gasteiger partial charge >= 0.3 is 0 Å². The summed E-state index contributed by atoms with van der Waals surface area (Å²) < 4.78 is 0. The summed E-state index contributed by atoms with van der Waals surface area (Å²) in [4.78, 5) is 28.8. The van der Waals surface area contributed by atoms with Crippen molar-refractivity contribution in [2.24, 2.45) is 5.73 Å². The fourth-order valence-corrected chi connectivity index (χ4v) is 2.75. The van der Waals surface area contributed by atoms with Gasteiger partial charge in [-0.1, -0.05) is 18.2 Å². The van der Waals surface area contributed by atoms with Crippen LogP contribution in [0, 0.1) is 0 Å². The number of H-pyrrole nitrogens is 1. The lowest BCUT2D eigenvalue weighted by molar-refractivity contribution is 0.0710. The van der Waals surface area contributed by atoms with Crippen LogP contribution in [-0.2, 0) is 0 Å². The molecule has 5 heteroatoms. The second kappa shape index (κ2) is 5.09. The Hall–Kier alpha value is -2.14. The molecule has 0 bridgehead atoms. The molecule has 1 saturated heterocycles. The third-order valence-electron chi connectivity index (χ3n) is 3.73. The van der Waals surface area contributed by atoms with Gasteiger partial charge in [0.2, 0.25) is 5.56 Å². The number of aromatic amines is 1. The van der Waals surface area contributed by atoms with Crippen molar-refractivity contribution >= 4 is 16.8 Å². The van der Waals surface area contributed by atoms with Gasteiger partial charge in [-0.25, -0.2) is 0 Å². The second-order valence-corrected chi connectivity index (χ2v) is 5.25. The van der Waals surface area contributed by atoms with Crippen molar-refractivity contribution in [3.8, 4) is 0 Å². The van der Waals surface area contributed by atoms with E-state index in [0.29, 0.717) is 24.2 Å². The van der Waals surface area contributed by atoms with Crippen LogP contribution in [0.15, 0.2) is 35.1 Å². The first-order valence-electron chi connectivity index (χ1n) is 6.82. The molecule has 20 heavy (non-hydrogen) atoms. The van der Waals surface area contributed by atoms with E-state index in [1.54, 1.807) is 11.0 Å². The predicted octanol–water partition coefficient (Wildman–Crippen LogP) is 1.09. The third-order valence-corrected chi connectivity index (χ3v) is 3.73. The summed E-state index contributed by atoms with van der Waals surface area (Å²) in [6.45, 7) is 1.26. The number of nitrogens with one attached hydrogen (secondary N) is 1. The number of hydrogen-bond acceptors (Lipinski definition) is 3. The molecule has 2 heterocycles. The molecule has 1 atom stereocenters. The van der Waals surface area contributed by atoms with Gasteiger partial charge in [-0.05, 0) is 18.9 Å². The fraction of sp³-hybridized carbons (Fsp3) is 0.333. The summed E-state index contributed by atoms with van der Waals surface area (Å²) in [6.07, 6.45) is 1.86. The molecule has 1 aliphatic heterocycles. The van der Waals surface area contributed by atoms with E-state index in [1.165, 1.54) is 6.07 Å². The van der Waals surface area contributed by atoms with Crippen molar-refractivity contribution in [2.75, 3.05) is 13.1 Å². The zero-order chi connectivity index (χ0) is 14.1. The Morgan fingerprint density at radius 2 is 2.15 bits per heavy atom. The number of rotatable bonds is 1. The predicted molar refractivity (Wildman–Crippen MR) is 77.7 cm³/mol. The standard InChI is InChI=1S/C15H17N3O2/c16-10-4-3-7-18(9-10)15(20)12-8-14(19)17-13-6-2-1-5-11(12)13/h1-2,5-6,8,10H,3-4,7,9,16H2,(H,17,19). The van der Waals surface area contributed by atoms with Crippen LogP contribution in [0.2, 0.25) is 0 Å². The maximum absolute atomic E-state index is 12.6. The normalized spacial score (nSPS) is 19.2. The van der Waals surface area contributed by atoms with Gasteiger partial charge in [0.15, 0.2) is 0 Å². The quantitative estimate of drug-likeness (QED) is 0.815. The highest BCUT2D eigenvalue weighted by Crippen LogP contribution is 2.18. The number of nitrogens with zero attached hydrogens (tertiary/aromatic N) is 1. The van der Waals surface area contributed by atoms with Gasteiger partial charge in [-0.15, -0.1) is 0 Å². The summed E-state index contributed by atoms with van der Waals surface area (Å²) in [6, 6.07) is 8.76. The van der Waals surface area contributed by atoms with Crippen LogP contribution in [0.1, 0.15) is 23.2 Å². The highest BCUT2D eigenvalue weighted by molar-refractivity contribution is 6.05. The number of piperidine rings is 1. The van der Waals surface area contributed by atoms with Crippen LogP contribution in [0.3, 0.4) is 0 Å². The lowest BCUT2D eigenvalue weighted by Crippen LogP contribution is -2.45. The average Bonchev–Trinajstić information content (AvgIpc) is 2.45. The summed E-state index contributed by atoms with van der Waals surface area (Å²) >= 11 is 0. The molecule has 0 saturated carbocycles. The van der Waals surface area contributed by atoms with E-state index < -0.39 is 0 Å².